The summed E-state index contributed by atoms with van der Waals surface area (Å²) in [6.07, 6.45) is 2.98. The van der Waals surface area contributed by atoms with Crippen LogP contribution in [-0.2, 0) is 0 Å². The summed E-state index contributed by atoms with van der Waals surface area (Å²) in [5, 5.41) is 13.5. The van der Waals surface area contributed by atoms with Gasteiger partial charge in [0.2, 0.25) is 0 Å². The molecule has 0 saturated heterocycles. The van der Waals surface area contributed by atoms with E-state index in [2.05, 4.69) is 20.3 Å². The molecule has 0 aliphatic carbocycles. The number of methoxy groups -OCH3 is 1. The molecular formula is C29H21F3N4O4. The van der Waals surface area contributed by atoms with E-state index >= 15 is 4.39 Å². The third-order valence-electron chi connectivity index (χ3n) is 6.13. The van der Waals surface area contributed by atoms with Crippen LogP contribution in [0.2, 0.25) is 0 Å². The molecule has 2 N–H and O–H groups in total. The number of carbonyl (C=O) groups is 1. The number of rotatable bonds is 6. The highest BCUT2D eigenvalue weighted by atomic mass is 19.2. The van der Waals surface area contributed by atoms with Gasteiger partial charge in [0.05, 0.1) is 24.5 Å². The van der Waals surface area contributed by atoms with Crippen LogP contribution >= 0.6 is 0 Å². The quantitative estimate of drug-likeness (QED) is 0.251. The molecule has 11 heteroatoms. The van der Waals surface area contributed by atoms with Crippen LogP contribution in [0, 0.1) is 31.3 Å². The predicted octanol–water partition coefficient (Wildman–Crippen LogP) is 6.48. The number of benzene rings is 2. The monoisotopic (exact) mass is 546 g/mol. The van der Waals surface area contributed by atoms with Gasteiger partial charge < -0.3 is 19.9 Å². The number of hydrogen-bond acceptors (Lipinski definition) is 7. The van der Waals surface area contributed by atoms with E-state index in [1.54, 1.807) is 13.0 Å². The fraction of sp³-hybridized carbons (Fsp3) is 0.103. The molecule has 202 valence electrons. The average Bonchev–Trinajstić information content (AvgIpc) is 2.91. The van der Waals surface area contributed by atoms with Crippen LogP contribution in [0.3, 0.4) is 0 Å². The molecule has 0 spiro atoms. The fourth-order valence-corrected chi connectivity index (χ4v) is 4.25. The van der Waals surface area contributed by atoms with E-state index in [0.717, 1.165) is 18.2 Å². The molecule has 3 aromatic heterocycles. The summed E-state index contributed by atoms with van der Waals surface area (Å²) < 4.78 is 53.2. The molecule has 0 bridgehead atoms. The highest BCUT2D eigenvalue weighted by molar-refractivity contribution is 6.08. The first-order valence-corrected chi connectivity index (χ1v) is 11.9. The first-order chi connectivity index (χ1) is 19.2. The average molecular weight is 547 g/mol. The van der Waals surface area contributed by atoms with Crippen molar-refractivity contribution in [1.29, 1.82) is 0 Å². The zero-order valence-electron chi connectivity index (χ0n) is 21.4. The van der Waals surface area contributed by atoms with Crippen molar-refractivity contribution in [2.45, 2.75) is 13.8 Å². The number of pyridine rings is 3. The number of nitrogens with zero attached hydrogens (tertiary/aromatic N) is 3. The molecule has 1 amide bonds. The Morgan fingerprint density at radius 2 is 1.70 bits per heavy atom. The second-order valence-corrected chi connectivity index (χ2v) is 8.76. The van der Waals surface area contributed by atoms with E-state index in [9.17, 15) is 18.7 Å². The van der Waals surface area contributed by atoms with E-state index < -0.39 is 29.1 Å². The number of aryl methyl sites for hydroxylation is 2. The minimum atomic E-state index is -1.11. The van der Waals surface area contributed by atoms with Crippen molar-refractivity contribution < 1.29 is 32.5 Å². The molecule has 0 aliphatic rings. The molecule has 8 nitrogen and oxygen atoms in total. The van der Waals surface area contributed by atoms with Crippen LogP contribution in [-0.4, -0.2) is 33.1 Å². The van der Waals surface area contributed by atoms with E-state index in [0.29, 0.717) is 22.5 Å². The van der Waals surface area contributed by atoms with Crippen molar-refractivity contribution >= 4 is 22.6 Å². The van der Waals surface area contributed by atoms with E-state index in [1.165, 1.54) is 50.7 Å². The lowest BCUT2D eigenvalue weighted by Crippen LogP contribution is -2.15. The summed E-state index contributed by atoms with van der Waals surface area (Å²) in [5.74, 6) is -3.55. The van der Waals surface area contributed by atoms with Crippen molar-refractivity contribution in [2.75, 3.05) is 12.4 Å². The number of amides is 1. The zero-order valence-corrected chi connectivity index (χ0v) is 21.4. The normalized spacial score (nSPS) is 10.9. The highest BCUT2D eigenvalue weighted by Crippen LogP contribution is 2.37. The Bertz CT molecular complexity index is 1800. The molecule has 3 heterocycles. The van der Waals surface area contributed by atoms with Gasteiger partial charge in [0.15, 0.2) is 29.0 Å². The summed E-state index contributed by atoms with van der Waals surface area (Å²) in [5.41, 5.74) is 1.47. The second kappa shape index (κ2) is 10.5. The summed E-state index contributed by atoms with van der Waals surface area (Å²) >= 11 is 0. The van der Waals surface area contributed by atoms with Gasteiger partial charge in [-0.2, -0.15) is 0 Å². The molecule has 0 radical (unpaired) electrons. The van der Waals surface area contributed by atoms with Gasteiger partial charge in [-0.25, -0.2) is 18.2 Å². The summed E-state index contributed by atoms with van der Waals surface area (Å²) in [6, 6.07) is 10.1. The molecule has 2 aromatic carbocycles. The molecular weight excluding hydrogens is 525 g/mol. The molecule has 0 aliphatic heterocycles. The Balaban J connectivity index is 1.41. The molecule has 5 rings (SSSR count). The molecule has 40 heavy (non-hydrogen) atoms. The van der Waals surface area contributed by atoms with Crippen molar-refractivity contribution in [3.8, 4) is 34.1 Å². The largest absolute Gasteiger partial charge is 0.506 e. The first kappa shape index (κ1) is 26.4. The highest BCUT2D eigenvalue weighted by Gasteiger charge is 2.23. The lowest BCUT2D eigenvalue weighted by molar-refractivity contribution is 0.102. The van der Waals surface area contributed by atoms with Crippen LogP contribution < -0.4 is 14.8 Å². The van der Waals surface area contributed by atoms with Crippen molar-refractivity contribution in [3.63, 3.8) is 0 Å². The van der Waals surface area contributed by atoms with Crippen LogP contribution in [0.25, 0.3) is 22.2 Å². The zero-order chi connectivity index (χ0) is 28.6. The lowest BCUT2D eigenvalue weighted by Gasteiger charge is -2.16. The standard InChI is InChI=1S/C29H21F3N4O4/c1-14-25(16-4-6-19(30)20(31)10-16)28(37)26(15(2)35-14)29(38)36-17-5-7-23(21(32)11-17)40-24-8-9-33-22-12-18(39-3)13-34-27(22)24/h4-13H,1-3H3,(H,35,37)(H,36,38). The number of aromatic hydroxyl groups is 1. The van der Waals surface area contributed by atoms with E-state index in [4.69, 9.17) is 9.47 Å². The van der Waals surface area contributed by atoms with Crippen LogP contribution in [0.15, 0.2) is 60.9 Å². The minimum absolute atomic E-state index is 0.0698. The number of halogens is 3. The number of anilines is 1. The van der Waals surface area contributed by atoms with Crippen LogP contribution in [0.4, 0.5) is 18.9 Å². The van der Waals surface area contributed by atoms with Crippen LogP contribution in [0.5, 0.6) is 23.0 Å². The molecule has 0 unspecified atom stereocenters. The fourth-order valence-electron chi connectivity index (χ4n) is 4.25. The van der Waals surface area contributed by atoms with Gasteiger partial charge in [0, 0.05) is 41.3 Å². The summed E-state index contributed by atoms with van der Waals surface area (Å²) in [6.45, 7) is 3.08. The Kier molecular flexibility index (Phi) is 6.95. The number of fused-ring (bicyclic) bond motifs is 1. The summed E-state index contributed by atoms with van der Waals surface area (Å²) in [7, 11) is 1.50. The van der Waals surface area contributed by atoms with Crippen molar-refractivity contribution in [3.05, 3.63) is 95.3 Å². The van der Waals surface area contributed by atoms with E-state index in [1.807, 2.05) is 0 Å². The molecule has 0 atom stereocenters. The first-order valence-electron chi connectivity index (χ1n) is 11.9. The van der Waals surface area contributed by atoms with Gasteiger partial charge in [0.1, 0.15) is 22.6 Å². The predicted molar refractivity (Wildman–Crippen MR) is 141 cm³/mol. The van der Waals surface area contributed by atoms with Crippen LogP contribution in [0.1, 0.15) is 21.7 Å². The Morgan fingerprint density at radius 3 is 2.42 bits per heavy atom. The van der Waals surface area contributed by atoms with E-state index in [-0.39, 0.29) is 39.6 Å². The van der Waals surface area contributed by atoms with Gasteiger partial charge in [-0.05, 0) is 43.7 Å². The number of ether oxygens (including phenoxy) is 2. The Labute approximate surface area is 226 Å². The smallest absolute Gasteiger partial charge is 0.261 e. The summed E-state index contributed by atoms with van der Waals surface area (Å²) in [4.78, 5) is 25.9. The maximum atomic E-state index is 15.0. The minimum Gasteiger partial charge on any atom is -0.506 e. The molecule has 5 aromatic rings. The van der Waals surface area contributed by atoms with Gasteiger partial charge in [-0.15, -0.1) is 0 Å². The molecule has 0 fully saturated rings. The maximum absolute atomic E-state index is 15.0. The van der Waals surface area contributed by atoms with Gasteiger partial charge >= 0.3 is 0 Å². The lowest BCUT2D eigenvalue weighted by atomic mass is 9.98. The third kappa shape index (κ3) is 4.96. The van der Waals surface area contributed by atoms with Gasteiger partial charge in [-0.3, -0.25) is 14.8 Å². The number of hydrogen-bond donors (Lipinski definition) is 2. The van der Waals surface area contributed by atoms with Gasteiger partial charge in [-0.1, -0.05) is 6.07 Å². The van der Waals surface area contributed by atoms with Gasteiger partial charge in [0.25, 0.3) is 5.91 Å². The number of aromatic nitrogens is 3. The topological polar surface area (TPSA) is 106 Å². The van der Waals surface area contributed by atoms with Crippen molar-refractivity contribution in [2.24, 2.45) is 0 Å². The SMILES string of the molecule is COc1cnc2c(Oc3ccc(NC(=O)c4c(C)nc(C)c(-c5ccc(F)c(F)c5)c4O)cc3F)ccnc2c1. The Hall–Kier alpha value is -5.19. The third-order valence-corrected chi connectivity index (χ3v) is 6.13. The maximum Gasteiger partial charge on any atom is 0.261 e. The number of carbonyl (C=O) groups excluding carboxylic acids is 1. The molecule has 0 saturated carbocycles. The Morgan fingerprint density at radius 1 is 0.900 bits per heavy atom. The van der Waals surface area contributed by atoms with Crippen molar-refractivity contribution in [1.82, 2.24) is 15.0 Å². The number of nitrogens with one attached hydrogen (secondary N) is 1. The second-order valence-electron chi connectivity index (χ2n) is 8.76.